The molecule has 2 aromatic carbocycles. The fraction of sp³-hybridized carbons (Fsp3) is 0.316. The van der Waals surface area contributed by atoms with E-state index in [1.165, 1.54) is 7.11 Å². The number of rotatable bonds is 6. The minimum Gasteiger partial charge on any atom is -0.468 e. The van der Waals surface area contributed by atoms with Gasteiger partial charge in [0.1, 0.15) is 5.41 Å². The lowest BCUT2D eigenvalue weighted by Gasteiger charge is -2.32. The molecule has 0 amide bonds. The third-order valence-electron chi connectivity index (χ3n) is 4.31. The normalized spacial score (nSPS) is 17.0. The van der Waals surface area contributed by atoms with E-state index in [2.05, 4.69) is 0 Å². The van der Waals surface area contributed by atoms with Gasteiger partial charge in [-0.05, 0) is 24.0 Å². The van der Waals surface area contributed by atoms with Crippen molar-refractivity contribution >= 4 is 5.97 Å². The Bertz CT molecular complexity index is 578. The maximum absolute atomic E-state index is 12.8. The first-order valence-electron chi connectivity index (χ1n) is 7.58. The molecule has 1 aliphatic heterocycles. The largest absolute Gasteiger partial charge is 0.468 e. The van der Waals surface area contributed by atoms with Crippen LogP contribution in [0.1, 0.15) is 24.0 Å². The molecule has 0 aliphatic carbocycles. The zero-order valence-electron chi connectivity index (χ0n) is 12.7. The van der Waals surface area contributed by atoms with Crippen LogP contribution in [0, 0.1) is 0 Å². The summed E-state index contributed by atoms with van der Waals surface area (Å²) >= 11 is 0. The summed E-state index contributed by atoms with van der Waals surface area (Å²) < 4.78 is 10.5. The van der Waals surface area contributed by atoms with Crippen molar-refractivity contribution in [2.75, 3.05) is 13.7 Å². The lowest BCUT2D eigenvalue weighted by atomic mass is 9.71. The average molecular weight is 296 g/mol. The zero-order chi connectivity index (χ0) is 15.4. The predicted octanol–water partition coefficient (Wildman–Crippen LogP) is 3.32. The lowest BCUT2D eigenvalue weighted by molar-refractivity contribution is -0.146. The smallest absolute Gasteiger partial charge is 0.320 e. The molecule has 2 aromatic rings. The van der Waals surface area contributed by atoms with Crippen LogP contribution in [0.5, 0.6) is 0 Å². The van der Waals surface area contributed by atoms with Gasteiger partial charge in [0.2, 0.25) is 0 Å². The first kappa shape index (κ1) is 14.8. The predicted molar refractivity (Wildman–Crippen MR) is 84.7 cm³/mol. The maximum Gasteiger partial charge on any atom is 0.320 e. The van der Waals surface area contributed by atoms with Crippen molar-refractivity contribution < 1.29 is 14.3 Å². The van der Waals surface area contributed by atoms with E-state index >= 15 is 0 Å². The highest BCUT2D eigenvalue weighted by Gasteiger charge is 2.44. The molecule has 1 saturated heterocycles. The Hall–Kier alpha value is -2.13. The number of methoxy groups -OCH3 is 1. The molecule has 22 heavy (non-hydrogen) atoms. The Morgan fingerprint density at radius 2 is 1.59 bits per heavy atom. The fourth-order valence-corrected chi connectivity index (χ4v) is 3.02. The van der Waals surface area contributed by atoms with Crippen molar-refractivity contribution in [1.29, 1.82) is 0 Å². The highest BCUT2D eigenvalue weighted by Crippen LogP contribution is 2.39. The molecule has 1 atom stereocenters. The van der Waals surface area contributed by atoms with E-state index in [4.69, 9.17) is 9.47 Å². The van der Waals surface area contributed by atoms with Gasteiger partial charge in [0.25, 0.3) is 0 Å². The van der Waals surface area contributed by atoms with E-state index in [9.17, 15) is 4.79 Å². The summed E-state index contributed by atoms with van der Waals surface area (Å²) in [6, 6.07) is 19.8. The van der Waals surface area contributed by atoms with Crippen LogP contribution in [-0.4, -0.2) is 25.8 Å². The second kappa shape index (κ2) is 6.32. The average Bonchev–Trinajstić information content (AvgIpc) is 3.41. The number of epoxide rings is 1. The van der Waals surface area contributed by atoms with Gasteiger partial charge in [-0.1, -0.05) is 60.7 Å². The number of hydrogen-bond donors (Lipinski definition) is 0. The molecule has 3 nitrogen and oxygen atoms in total. The molecule has 0 unspecified atom stereocenters. The van der Waals surface area contributed by atoms with E-state index in [1.807, 2.05) is 60.7 Å². The third kappa shape index (κ3) is 2.77. The van der Waals surface area contributed by atoms with Gasteiger partial charge in [0.15, 0.2) is 0 Å². The van der Waals surface area contributed by atoms with Gasteiger partial charge in [0.05, 0.1) is 19.8 Å². The number of benzene rings is 2. The van der Waals surface area contributed by atoms with E-state index in [0.717, 1.165) is 24.2 Å². The van der Waals surface area contributed by atoms with Crippen molar-refractivity contribution in [3.63, 3.8) is 0 Å². The summed E-state index contributed by atoms with van der Waals surface area (Å²) in [5.74, 6) is -0.217. The highest BCUT2D eigenvalue weighted by molar-refractivity contribution is 5.87. The fourth-order valence-electron chi connectivity index (χ4n) is 3.02. The Kier molecular flexibility index (Phi) is 4.25. The van der Waals surface area contributed by atoms with Gasteiger partial charge >= 0.3 is 5.97 Å². The second-order valence-corrected chi connectivity index (χ2v) is 5.62. The van der Waals surface area contributed by atoms with Crippen LogP contribution in [0.4, 0.5) is 0 Å². The van der Waals surface area contributed by atoms with E-state index < -0.39 is 5.41 Å². The molecule has 0 spiro atoms. The summed E-state index contributed by atoms with van der Waals surface area (Å²) in [5.41, 5.74) is 1.16. The van der Waals surface area contributed by atoms with E-state index in [1.54, 1.807) is 0 Å². The highest BCUT2D eigenvalue weighted by atomic mass is 16.6. The van der Waals surface area contributed by atoms with Crippen molar-refractivity contribution in [2.45, 2.75) is 24.4 Å². The molecule has 0 N–H and O–H groups in total. The Balaban J connectivity index is 2.10. The van der Waals surface area contributed by atoms with E-state index in [-0.39, 0.29) is 12.1 Å². The molecule has 3 heteroatoms. The Morgan fingerprint density at radius 1 is 1.09 bits per heavy atom. The van der Waals surface area contributed by atoms with Crippen molar-refractivity contribution in [3.8, 4) is 0 Å². The van der Waals surface area contributed by atoms with Crippen molar-refractivity contribution in [1.82, 2.24) is 0 Å². The molecule has 0 radical (unpaired) electrons. The van der Waals surface area contributed by atoms with Crippen LogP contribution in [0.25, 0.3) is 0 Å². The summed E-state index contributed by atoms with van der Waals surface area (Å²) in [6.45, 7) is 0.792. The molecule has 3 rings (SSSR count). The van der Waals surface area contributed by atoms with Crippen LogP contribution in [-0.2, 0) is 19.7 Å². The third-order valence-corrected chi connectivity index (χ3v) is 4.31. The number of carbonyl (C=O) groups is 1. The molecule has 1 fully saturated rings. The molecule has 0 saturated carbocycles. The van der Waals surface area contributed by atoms with Crippen LogP contribution >= 0.6 is 0 Å². The molecule has 0 bridgehead atoms. The van der Waals surface area contributed by atoms with Crippen LogP contribution in [0.15, 0.2) is 60.7 Å². The van der Waals surface area contributed by atoms with Crippen molar-refractivity contribution in [3.05, 3.63) is 71.8 Å². The first-order chi connectivity index (χ1) is 10.8. The molecular weight excluding hydrogens is 276 g/mol. The minimum absolute atomic E-state index is 0.217. The van der Waals surface area contributed by atoms with Gasteiger partial charge in [-0.25, -0.2) is 0 Å². The van der Waals surface area contributed by atoms with Gasteiger partial charge in [0, 0.05) is 0 Å². The summed E-state index contributed by atoms with van der Waals surface area (Å²) in [6.07, 6.45) is 1.80. The quantitative estimate of drug-likeness (QED) is 0.606. The Morgan fingerprint density at radius 3 is 2.00 bits per heavy atom. The standard InChI is InChI=1S/C19H20O3/c1-21-18(20)19(13-12-17-14-22-17,15-8-4-2-5-9-15)16-10-6-3-7-11-16/h2-11,17H,12-14H2,1H3/t17-/m1/s1. The van der Waals surface area contributed by atoms with Gasteiger partial charge < -0.3 is 9.47 Å². The van der Waals surface area contributed by atoms with Crippen LogP contribution < -0.4 is 0 Å². The second-order valence-electron chi connectivity index (χ2n) is 5.62. The number of esters is 1. The topological polar surface area (TPSA) is 38.8 Å². The molecular formula is C19H20O3. The molecule has 0 aromatic heterocycles. The minimum atomic E-state index is -0.775. The van der Waals surface area contributed by atoms with Crippen molar-refractivity contribution in [2.24, 2.45) is 0 Å². The van der Waals surface area contributed by atoms with E-state index in [0.29, 0.717) is 6.42 Å². The van der Waals surface area contributed by atoms with Gasteiger partial charge in [-0.3, -0.25) is 4.79 Å². The number of carbonyl (C=O) groups excluding carboxylic acids is 1. The van der Waals surface area contributed by atoms with Crippen LogP contribution in [0.3, 0.4) is 0 Å². The zero-order valence-corrected chi connectivity index (χ0v) is 12.7. The lowest BCUT2D eigenvalue weighted by Crippen LogP contribution is -2.38. The van der Waals surface area contributed by atoms with Gasteiger partial charge in [-0.15, -0.1) is 0 Å². The molecule has 1 aliphatic rings. The summed E-state index contributed by atoms with van der Waals surface area (Å²) in [4.78, 5) is 12.8. The number of hydrogen-bond acceptors (Lipinski definition) is 3. The van der Waals surface area contributed by atoms with Crippen LogP contribution in [0.2, 0.25) is 0 Å². The monoisotopic (exact) mass is 296 g/mol. The first-order valence-corrected chi connectivity index (χ1v) is 7.58. The van der Waals surface area contributed by atoms with Gasteiger partial charge in [-0.2, -0.15) is 0 Å². The summed E-state index contributed by atoms with van der Waals surface area (Å²) in [5, 5.41) is 0. The SMILES string of the molecule is COC(=O)C(CC[C@@H]1CO1)(c1ccccc1)c1ccccc1. The summed E-state index contributed by atoms with van der Waals surface area (Å²) in [7, 11) is 1.45. The number of ether oxygens (including phenoxy) is 2. The maximum atomic E-state index is 12.8. The Labute approximate surface area is 130 Å². The molecule has 1 heterocycles. The molecule has 114 valence electrons.